The van der Waals surface area contributed by atoms with Gasteiger partial charge in [0, 0.05) is 30.6 Å². The molecule has 0 aromatic heterocycles. The van der Waals surface area contributed by atoms with Crippen molar-refractivity contribution >= 4 is 12.0 Å². The van der Waals surface area contributed by atoms with Crippen molar-refractivity contribution in [1.82, 2.24) is 10.2 Å². The van der Waals surface area contributed by atoms with Gasteiger partial charge >= 0.3 is 6.18 Å². The number of nitrogens with zero attached hydrogens (tertiary/aromatic N) is 1. The number of piperidine rings is 1. The minimum Gasteiger partial charge on any atom is -0.508 e. The number of aromatic hydroxyl groups is 1. The van der Waals surface area contributed by atoms with Gasteiger partial charge in [-0.05, 0) is 92.5 Å². The average molecular weight is 515 g/mol. The van der Waals surface area contributed by atoms with Gasteiger partial charge in [-0.25, -0.2) is 0 Å². The first-order valence-corrected chi connectivity index (χ1v) is 13.0. The summed E-state index contributed by atoms with van der Waals surface area (Å²) in [6, 6.07) is 11.7. The fraction of sp³-hybridized carbons (Fsp3) is 0.483. The maximum Gasteiger partial charge on any atom is 0.416 e. The van der Waals surface area contributed by atoms with E-state index in [0.717, 1.165) is 36.7 Å². The molecule has 0 spiro atoms. The Labute approximate surface area is 215 Å². The maximum absolute atomic E-state index is 13.0. The standard InChI is InChI=1S/C29H33F3N2O3/c30-29(31,32)23-5-1-3-20(15-23)9-10-26(36)33-24-11-12-28(37)19-34(18-21-7-8-21)14-13-27(28,17-24)22-4-2-6-25(35)16-22/h1-6,9-10,15-16,21,24,35,37H,7-8,11-14,17-19H2,(H,33,36). The number of halogens is 3. The Morgan fingerprint density at radius 3 is 2.62 bits per heavy atom. The van der Waals surface area contributed by atoms with E-state index < -0.39 is 22.8 Å². The number of hydrogen-bond acceptors (Lipinski definition) is 4. The number of alkyl halides is 3. The summed E-state index contributed by atoms with van der Waals surface area (Å²) in [5, 5.41) is 25.3. The molecule has 2 aromatic rings. The van der Waals surface area contributed by atoms with Gasteiger partial charge in [0.2, 0.25) is 5.91 Å². The Morgan fingerprint density at radius 2 is 1.89 bits per heavy atom. The highest BCUT2D eigenvalue weighted by Gasteiger charge is 2.57. The van der Waals surface area contributed by atoms with E-state index >= 15 is 0 Å². The van der Waals surface area contributed by atoms with E-state index in [1.807, 2.05) is 6.07 Å². The third-order valence-electron chi connectivity index (χ3n) is 8.33. The van der Waals surface area contributed by atoms with Crippen molar-refractivity contribution in [2.45, 2.75) is 61.8 Å². The van der Waals surface area contributed by atoms with Gasteiger partial charge in [-0.3, -0.25) is 4.79 Å². The number of rotatable bonds is 6. The Kier molecular flexibility index (Phi) is 6.83. The normalized spacial score (nSPS) is 28.7. The predicted molar refractivity (Wildman–Crippen MR) is 135 cm³/mol. The van der Waals surface area contributed by atoms with E-state index in [4.69, 9.17) is 0 Å². The second-order valence-electron chi connectivity index (χ2n) is 11.0. The van der Waals surface area contributed by atoms with Crippen LogP contribution in [0.3, 0.4) is 0 Å². The fourth-order valence-corrected chi connectivity index (χ4v) is 6.25. The summed E-state index contributed by atoms with van der Waals surface area (Å²) in [6.07, 6.45) is 3.02. The molecule has 37 heavy (non-hydrogen) atoms. The number of nitrogens with one attached hydrogen (secondary N) is 1. The molecule has 1 amide bonds. The number of carbonyl (C=O) groups excluding carboxylic acids is 1. The monoisotopic (exact) mass is 514 g/mol. The molecular weight excluding hydrogens is 481 g/mol. The van der Waals surface area contributed by atoms with E-state index in [9.17, 15) is 28.2 Å². The zero-order chi connectivity index (χ0) is 26.3. The number of fused-ring (bicyclic) bond motifs is 1. The highest BCUT2D eigenvalue weighted by molar-refractivity contribution is 5.92. The molecule has 2 saturated carbocycles. The number of likely N-dealkylation sites (tertiary alicyclic amines) is 1. The zero-order valence-corrected chi connectivity index (χ0v) is 20.7. The summed E-state index contributed by atoms with van der Waals surface area (Å²) in [7, 11) is 0. The van der Waals surface area contributed by atoms with Gasteiger partial charge in [0.1, 0.15) is 5.75 Å². The van der Waals surface area contributed by atoms with E-state index in [1.54, 1.807) is 18.2 Å². The van der Waals surface area contributed by atoms with Crippen LogP contribution < -0.4 is 5.32 Å². The summed E-state index contributed by atoms with van der Waals surface area (Å²) in [6.45, 7) is 2.40. The molecule has 5 nitrogen and oxygen atoms in total. The molecular formula is C29H33F3N2O3. The van der Waals surface area contributed by atoms with Gasteiger partial charge in [-0.15, -0.1) is 0 Å². The summed E-state index contributed by atoms with van der Waals surface area (Å²) in [5.41, 5.74) is -1.19. The lowest BCUT2D eigenvalue weighted by Gasteiger charge is -2.58. The number of β-amino-alcohol motifs (C(OH)–C–C–N with tert-alkyl or cyclic N) is 1. The smallest absolute Gasteiger partial charge is 0.416 e. The minimum absolute atomic E-state index is 0.143. The van der Waals surface area contributed by atoms with Crippen LogP contribution in [-0.2, 0) is 16.4 Å². The molecule has 8 heteroatoms. The molecule has 3 fully saturated rings. The average Bonchev–Trinajstić information content (AvgIpc) is 3.67. The lowest BCUT2D eigenvalue weighted by atomic mass is 9.55. The molecule has 5 rings (SSSR count). The second kappa shape index (κ2) is 9.80. The van der Waals surface area contributed by atoms with Crippen LogP contribution in [-0.4, -0.2) is 52.3 Å². The highest BCUT2D eigenvalue weighted by atomic mass is 19.4. The van der Waals surface area contributed by atoms with Crippen molar-refractivity contribution in [3.05, 3.63) is 71.3 Å². The molecule has 1 heterocycles. The van der Waals surface area contributed by atoms with Gasteiger partial charge < -0.3 is 20.4 Å². The molecule has 3 N–H and O–H groups in total. The lowest BCUT2D eigenvalue weighted by molar-refractivity contribution is -0.137. The van der Waals surface area contributed by atoms with E-state index in [-0.39, 0.29) is 17.7 Å². The Hall–Kier alpha value is -2.84. The molecule has 198 valence electrons. The first kappa shape index (κ1) is 25.8. The molecule has 3 atom stereocenters. The van der Waals surface area contributed by atoms with Crippen molar-refractivity contribution in [3.8, 4) is 5.75 Å². The quantitative estimate of drug-likeness (QED) is 0.481. The van der Waals surface area contributed by atoms with E-state index in [0.29, 0.717) is 37.8 Å². The van der Waals surface area contributed by atoms with Crippen molar-refractivity contribution < 1.29 is 28.2 Å². The van der Waals surface area contributed by atoms with Crippen molar-refractivity contribution in [3.63, 3.8) is 0 Å². The topological polar surface area (TPSA) is 72.8 Å². The summed E-state index contributed by atoms with van der Waals surface area (Å²) >= 11 is 0. The zero-order valence-electron chi connectivity index (χ0n) is 20.7. The summed E-state index contributed by atoms with van der Waals surface area (Å²) < 4.78 is 39.0. The third kappa shape index (κ3) is 5.55. The first-order valence-electron chi connectivity index (χ1n) is 13.0. The van der Waals surface area contributed by atoms with Crippen LogP contribution in [0.25, 0.3) is 6.08 Å². The van der Waals surface area contributed by atoms with Crippen molar-refractivity contribution in [1.29, 1.82) is 0 Å². The molecule has 2 aromatic carbocycles. The maximum atomic E-state index is 13.0. The molecule has 3 unspecified atom stereocenters. The Bertz CT molecular complexity index is 1180. The van der Waals surface area contributed by atoms with Crippen LogP contribution in [0.2, 0.25) is 0 Å². The predicted octanol–water partition coefficient (Wildman–Crippen LogP) is 4.88. The van der Waals surface area contributed by atoms with Crippen LogP contribution in [0.4, 0.5) is 13.2 Å². The highest BCUT2D eigenvalue weighted by Crippen LogP contribution is 2.52. The lowest BCUT2D eigenvalue weighted by Crippen LogP contribution is -2.67. The van der Waals surface area contributed by atoms with Gasteiger partial charge in [0.15, 0.2) is 0 Å². The number of phenolic OH excluding ortho intramolecular Hbond substituents is 1. The van der Waals surface area contributed by atoms with Crippen LogP contribution in [0, 0.1) is 5.92 Å². The third-order valence-corrected chi connectivity index (χ3v) is 8.33. The molecule has 1 aliphatic heterocycles. The Balaban J connectivity index is 1.32. The van der Waals surface area contributed by atoms with E-state index in [2.05, 4.69) is 10.2 Å². The Morgan fingerprint density at radius 1 is 1.11 bits per heavy atom. The SMILES string of the molecule is O=C(C=Cc1cccc(C(F)(F)F)c1)NC1CCC2(O)CN(CC3CC3)CCC2(c2cccc(O)c2)C1. The van der Waals surface area contributed by atoms with Crippen molar-refractivity contribution in [2.24, 2.45) is 5.92 Å². The minimum atomic E-state index is -4.45. The van der Waals surface area contributed by atoms with Gasteiger partial charge in [0.25, 0.3) is 0 Å². The number of amides is 1. The number of carbonyl (C=O) groups is 1. The largest absolute Gasteiger partial charge is 0.508 e. The molecule has 1 saturated heterocycles. The summed E-state index contributed by atoms with van der Waals surface area (Å²) in [4.78, 5) is 15.1. The number of phenols is 1. The van der Waals surface area contributed by atoms with Gasteiger partial charge in [0.05, 0.1) is 11.2 Å². The van der Waals surface area contributed by atoms with E-state index in [1.165, 1.54) is 37.1 Å². The van der Waals surface area contributed by atoms with Crippen LogP contribution in [0.1, 0.15) is 55.2 Å². The molecule has 0 bridgehead atoms. The van der Waals surface area contributed by atoms with Crippen LogP contribution >= 0.6 is 0 Å². The number of aliphatic hydroxyl groups is 1. The molecule has 3 aliphatic rings. The van der Waals surface area contributed by atoms with Gasteiger partial charge in [-0.1, -0.05) is 24.3 Å². The van der Waals surface area contributed by atoms with Crippen LogP contribution in [0.15, 0.2) is 54.6 Å². The van der Waals surface area contributed by atoms with Crippen LogP contribution in [0.5, 0.6) is 5.75 Å². The number of hydrogen-bond donors (Lipinski definition) is 3. The first-order chi connectivity index (χ1) is 17.6. The summed E-state index contributed by atoms with van der Waals surface area (Å²) in [5.74, 6) is 0.478. The fourth-order valence-electron chi connectivity index (χ4n) is 6.25. The van der Waals surface area contributed by atoms with Crippen molar-refractivity contribution in [2.75, 3.05) is 19.6 Å². The number of benzene rings is 2. The molecule has 0 radical (unpaired) electrons. The molecule has 2 aliphatic carbocycles. The van der Waals surface area contributed by atoms with Gasteiger partial charge in [-0.2, -0.15) is 13.2 Å². The second-order valence-corrected chi connectivity index (χ2v) is 11.0.